The highest BCUT2D eigenvalue weighted by Gasteiger charge is 2.22. The molecule has 1 saturated heterocycles. The number of hydrogen-bond donors (Lipinski definition) is 1. The third kappa shape index (κ3) is 3.55. The molecule has 1 fully saturated rings. The quantitative estimate of drug-likeness (QED) is 0.829. The maximum absolute atomic E-state index is 5.42. The van der Waals surface area contributed by atoms with E-state index in [4.69, 9.17) is 4.74 Å². The van der Waals surface area contributed by atoms with E-state index in [1.165, 1.54) is 11.1 Å². The Balaban J connectivity index is 1.96. The van der Waals surface area contributed by atoms with Gasteiger partial charge in [0.2, 0.25) is 0 Å². The number of methoxy groups -OCH3 is 1. The van der Waals surface area contributed by atoms with E-state index < -0.39 is 0 Å². The molecule has 0 saturated carbocycles. The normalized spacial score (nSPS) is 20.4. The minimum atomic E-state index is 0.425. The third-order valence-corrected chi connectivity index (χ3v) is 3.72. The van der Waals surface area contributed by atoms with Crippen LogP contribution in [0.5, 0.6) is 0 Å². The fraction of sp³-hybridized carbons (Fsp3) is 0.600. The molecule has 0 bridgehead atoms. The molecule has 1 aromatic carbocycles. The number of likely N-dealkylation sites (N-methyl/N-ethyl adjacent to an activating group) is 1. The van der Waals surface area contributed by atoms with Crippen molar-refractivity contribution in [3.05, 3.63) is 35.4 Å². The molecule has 1 N–H and O–H groups in total. The van der Waals surface area contributed by atoms with Crippen LogP contribution in [-0.4, -0.2) is 44.8 Å². The summed E-state index contributed by atoms with van der Waals surface area (Å²) in [4.78, 5) is 2.49. The van der Waals surface area contributed by atoms with Crippen LogP contribution in [0.4, 0.5) is 0 Å². The summed E-state index contributed by atoms with van der Waals surface area (Å²) in [6.45, 7) is 4.31. The van der Waals surface area contributed by atoms with Crippen molar-refractivity contribution in [2.24, 2.45) is 0 Å². The highest BCUT2D eigenvalue weighted by atomic mass is 16.5. The zero-order valence-electron chi connectivity index (χ0n) is 11.5. The van der Waals surface area contributed by atoms with Crippen LogP contribution < -0.4 is 5.32 Å². The van der Waals surface area contributed by atoms with Gasteiger partial charge in [0.25, 0.3) is 0 Å². The number of likely N-dealkylation sites (tertiary alicyclic amines) is 1. The van der Waals surface area contributed by atoms with E-state index in [2.05, 4.69) is 34.5 Å². The van der Waals surface area contributed by atoms with Crippen molar-refractivity contribution in [1.82, 2.24) is 10.2 Å². The van der Waals surface area contributed by atoms with E-state index in [1.54, 1.807) is 0 Å². The topological polar surface area (TPSA) is 24.5 Å². The maximum atomic E-state index is 5.42. The predicted octanol–water partition coefficient (Wildman–Crippen LogP) is 1.67. The lowest BCUT2D eigenvalue weighted by molar-refractivity contribution is 0.107. The molecule has 0 radical (unpaired) electrons. The summed E-state index contributed by atoms with van der Waals surface area (Å²) >= 11 is 0. The fourth-order valence-corrected chi connectivity index (χ4v) is 2.59. The molecule has 0 aromatic heterocycles. The minimum absolute atomic E-state index is 0.425. The van der Waals surface area contributed by atoms with Crippen molar-refractivity contribution < 1.29 is 4.74 Å². The Morgan fingerprint density at radius 3 is 2.78 bits per heavy atom. The van der Waals surface area contributed by atoms with Crippen molar-refractivity contribution in [2.45, 2.75) is 25.5 Å². The van der Waals surface area contributed by atoms with Gasteiger partial charge in [-0.3, -0.25) is 4.90 Å². The average molecular weight is 248 g/mol. The number of nitrogens with one attached hydrogen (secondary N) is 1. The van der Waals surface area contributed by atoms with Gasteiger partial charge in [0, 0.05) is 26.7 Å². The van der Waals surface area contributed by atoms with Gasteiger partial charge in [-0.1, -0.05) is 24.3 Å². The summed E-state index contributed by atoms with van der Waals surface area (Å²) in [5.41, 5.74) is 2.93. The number of ether oxygens (including phenoxy) is 1. The van der Waals surface area contributed by atoms with Gasteiger partial charge in [0.05, 0.1) is 6.10 Å². The molecule has 18 heavy (non-hydrogen) atoms. The lowest BCUT2D eigenvalue weighted by atomic mass is 10.0. The highest BCUT2D eigenvalue weighted by molar-refractivity contribution is 5.27. The molecule has 0 amide bonds. The van der Waals surface area contributed by atoms with Crippen molar-refractivity contribution >= 4 is 0 Å². The lowest BCUT2D eigenvalue weighted by Gasteiger charge is -2.18. The Morgan fingerprint density at radius 1 is 1.33 bits per heavy atom. The second-order valence-electron chi connectivity index (χ2n) is 5.00. The molecule has 100 valence electrons. The summed E-state index contributed by atoms with van der Waals surface area (Å²) in [5, 5.41) is 3.22. The van der Waals surface area contributed by atoms with Crippen LogP contribution in [0.25, 0.3) is 0 Å². The molecule has 3 nitrogen and oxygen atoms in total. The Kier molecular flexibility index (Phi) is 5.17. The number of hydrogen-bond acceptors (Lipinski definition) is 3. The van der Waals surface area contributed by atoms with Gasteiger partial charge in [-0.15, -0.1) is 0 Å². The number of nitrogens with zero attached hydrogens (tertiary/aromatic N) is 1. The zero-order chi connectivity index (χ0) is 12.8. The van der Waals surface area contributed by atoms with Crippen LogP contribution in [0.1, 0.15) is 17.5 Å². The molecule has 1 aromatic rings. The van der Waals surface area contributed by atoms with Gasteiger partial charge in [-0.05, 0) is 37.6 Å². The monoisotopic (exact) mass is 248 g/mol. The van der Waals surface area contributed by atoms with E-state index in [1.807, 2.05) is 14.2 Å². The van der Waals surface area contributed by atoms with E-state index in [-0.39, 0.29) is 0 Å². The van der Waals surface area contributed by atoms with Crippen molar-refractivity contribution in [3.63, 3.8) is 0 Å². The number of benzene rings is 1. The second-order valence-corrected chi connectivity index (χ2v) is 5.00. The number of rotatable bonds is 6. The molecule has 1 aliphatic heterocycles. The third-order valence-electron chi connectivity index (χ3n) is 3.72. The molecule has 2 rings (SSSR count). The molecule has 1 aliphatic rings. The zero-order valence-corrected chi connectivity index (χ0v) is 11.5. The molecule has 3 heteroatoms. The van der Waals surface area contributed by atoms with Crippen LogP contribution in [0.2, 0.25) is 0 Å². The van der Waals surface area contributed by atoms with Gasteiger partial charge in [-0.25, -0.2) is 0 Å². The highest BCUT2D eigenvalue weighted by Crippen LogP contribution is 2.18. The molecular weight excluding hydrogens is 224 g/mol. The van der Waals surface area contributed by atoms with Crippen LogP contribution in [0, 0.1) is 0 Å². The molecule has 0 aliphatic carbocycles. The molecule has 1 unspecified atom stereocenters. The van der Waals surface area contributed by atoms with Crippen molar-refractivity contribution in [2.75, 3.05) is 33.8 Å². The SMILES string of the molecule is CNCCc1ccccc1CN1CCC(OC)C1. The lowest BCUT2D eigenvalue weighted by Crippen LogP contribution is -2.23. The largest absolute Gasteiger partial charge is 0.380 e. The standard InChI is InChI=1S/C15H24N2O/c1-16-9-7-13-5-3-4-6-14(13)11-17-10-8-15(12-17)18-2/h3-6,15-16H,7-12H2,1-2H3. The Bertz CT molecular complexity index is 367. The van der Waals surface area contributed by atoms with Gasteiger partial charge >= 0.3 is 0 Å². The Hall–Kier alpha value is -0.900. The van der Waals surface area contributed by atoms with E-state index in [0.717, 1.165) is 39.0 Å². The van der Waals surface area contributed by atoms with Crippen LogP contribution in [0.15, 0.2) is 24.3 Å². The van der Waals surface area contributed by atoms with Crippen LogP contribution in [-0.2, 0) is 17.7 Å². The Morgan fingerprint density at radius 2 is 2.11 bits per heavy atom. The second kappa shape index (κ2) is 6.88. The summed E-state index contributed by atoms with van der Waals surface area (Å²) in [6, 6.07) is 8.78. The Labute approximate surface area is 110 Å². The first-order valence-corrected chi connectivity index (χ1v) is 6.80. The maximum Gasteiger partial charge on any atom is 0.0710 e. The first kappa shape index (κ1) is 13.5. The van der Waals surface area contributed by atoms with E-state index in [9.17, 15) is 0 Å². The van der Waals surface area contributed by atoms with Crippen LogP contribution in [0.3, 0.4) is 0 Å². The average Bonchev–Trinajstić information content (AvgIpc) is 2.85. The van der Waals surface area contributed by atoms with E-state index >= 15 is 0 Å². The summed E-state index contributed by atoms with van der Waals surface area (Å²) in [5.74, 6) is 0. The van der Waals surface area contributed by atoms with Crippen LogP contribution >= 0.6 is 0 Å². The predicted molar refractivity (Wildman–Crippen MR) is 74.8 cm³/mol. The van der Waals surface area contributed by atoms with Crippen molar-refractivity contribution in [1.29, 1.82) is 0 Å². The van der Waals surface area contributed by atoms with Gasteiger partial charge in [-0.2, -0.15) is 0 Å². The smallest absolute Gasteiger partial charge is 0.0710 e. The minimum Gasteiger partial charge on any atom is -0.380 e. The molecule has 1 heterocycles. The van der Waals surface area contributed by atoms with Crippen molar-refractivity contribution in [3.8, 4) is 0 Å². The van der Waals surface area contributed by atoms with Gasteiger partial charge < -0.3 is 10.1 Å². The molecular formula is C15H24N2O. The molecule has 0 spiro atoms. The summed E-state index contributed by atoms with van der Waals surface area (Å²) in [6.07, 6.45) is 2.69. The fourth-order valence-electron chi connectivity index (χ4n) is 2.59. The van der Waals surface area contributed by atoms with Gasteiger partial charge in [0.15, 0.2) is 0 Å². The van der Waals surface area contributed by atoms with Gasteiger partial charge in [0.1, 0.15) is 0 Å². The first-order chi connectivity index (χ1) is 8.83. The first-order valence-electron chi connectivity index (χ1n) is 6.80. The molecule has 1 atom stereocenters. The van der Waals surface area contributed by atoms with E-state index in [0.29, 0.717) is 6.10 Å². The summed E-state index contributed by atoms with van der Waals surface area (Å²) in [7, 11) is 3.82. The summed E-state index contributed by atoms with van der Waals surface area (Å²) < 4.78 is 5.42.